The van der Waals surface area contributed by atoms with Crippen molar-refractivity contribution in [1.82, 2.24) is 19.3 Å². The summed E-state index contributed by atoms with van der Waals surface area (Å²) in [6.07, 6.45) is 5.59. The number of nitro benzene ring substituents is 1. The van der Waals surface area contributed by atoms with Crippen molar-refractivity contribution in [3.63, 3.8) is 0 Å². The molecule has 0 fully saturated rings. The van der Waals surface area contributed by atoms with E-state index in [2.05, 4.69) is 0 Å². The van der Waals surface area contributed by atoms with Crippen molar-refractivity contribution < 1.29 is 4.92 Å². The summed E-state index contributed by atoms with van der Waals surface area (Å²) in [4.78, 5) is 29.2. The van der Waals surface area contributed by atoms with E-state index in [1.165, 1.54) is 22.8 Å². The highest BCUT2D eigenvalue weighted by atomic mass is 16.6. The third-order valence-corrected chi connectivity index (χ3v) is 6.33. The zero-order valence-electron chi connectivity index (χ0n) is 20.6. The Morgan fingerprint density at radius 1 is 0.769 bits per heavy atom. The Bertz CT molecular complexity index is 1890. The highest BCUT2D eigenvalue weighted by molar-refractivity contribution is 5.83. The predicted octanol–water partition coefficient (Wildman–Crippen LogP) is 6.32. The molecule has 0 bridgehead atoms. The fourth-order valence-electron chi connectivity index (χ4n) is 4.45. The monoisotopic (exact) mass is 511 g/mol. The maximum atomic E-state index is 13.7. The smallest absolute Gasteiger partial charge is 0.268 e. The summed E-state index contributed by atoms with van der Waals surface area (Å²) in [6.45, 7) is 0. The molecule has 0 saturated heterocycles. The van der Waals surface area contributed by atoms with E-state index in [4.69, 9.17) is 10.1 Å². The van der Waals surface area contributed by atoms with E-state index >= 15 is 0 Å². The van der Waals surface area contributed by atoms with Gasteiger partial charge in [0.1, 0.15) is 5.82 Å². The van der Waals surface area contributed by atoms with Crippen LogP contribution in [0, 0.1) is 10.1 Å². The summed E-state index contributed by atoms with van der Waals surface area (Å²) in [5, 5.41) is 16.4. The molecule has 0 unspecified atom stereocenters. The van der Waals surface area contributed by atoms with Crippen LogP contribution in [-0.4, -0.2) is 24.3 Å². The maximum Gasteiger partial charge on any atom is 0.270 e. The van der Waals surface area contributed by atoms with Gasteiger partial charge in [0.2, 0.25) is 0 Å². The highest BCUT2D eigenvalue weighted by Crippen LogP contribution is 2.26. The fourth-order valence-corrected chi connectivity index (χ4v) is 4.45. The normalized spacial score (nSPS) is 11.3. The Labute approximate surface area is 222 Å². The van der Waals surface area contributed by atoms with Gasteiger partial charge in [-0.3, -0.25) is 19.5 Å². The number of benzene rings is 4. The SMILES string of the molecule is O=c1c2cc([N+](=O)[O-])ccc2nc(/C=C/c2cn(-c3ccccc3)nc2-c2ccccc2)n1-c1ccccc1. The number of non-ortho nitro benzene ring substituents is 1. The van der Waals surface area contributed by atoms with Crippen LogP contribution >= 0.6 is 0 Å². The van der Waals surface area contributed by atoms with Gasteiger partial charge >= 0.3 is 0 Å². The number of nitro groups is 1. The standard InChI is InChI=1S/C31H21N5O3/c37-31-27-20-26(36(38)39)17-18-28(27)32-29(35(31)25-14-8-3-9-15-25)19-16-23-21-34(24-12-6-2-7-13-24)33-30(23)22-10-4-1-5-11-22/h1-21H/b19-16+. The molecule has 8 nitrogen and oxygen atoms in total. The van der Waals surface area contributed by atoms with E-state index in [0.29, 0.717) is 17.0 Å². The van der Waals surface area contributed by atoms with Gasteiger partial charge in [-0.25, -0.2) is 9.67 Å². The minimum absolute atomic E-state index is 0.162. The van der Waals surface area contributed by atoms with Gasteiger partial charge < -0.3 is 0 Å². The molecule has 0 N–H and O–H groups in total. The van der Waals surface area contributed by atoms with Crippen LogP contribution in [0.15, 0.2) is 120 Å². The van der Waals surface area contributed by atoms with Crippen LogP contribution in [0.4, 0.5) is 5.69 Å². The topological polar surface area (TPSA) is 95.8 Å². The van der Waals surface area contributed by atoms with Gasteiger partial charge in [-0.15, -0.1) is 0 Å². The molecule has 188 valence electrons. The second kappa shape index (κ2) is 10.0. The lowest BCUT2D eigenvalue weighted by molar-refractivity contribution is -0.384. The summed E-state index contributed by atoms with van der Waals surface area (Å²) in [6, 6.07) is 32.9. The summed E-state index contributed by atoms with van der Waals surface area (Å²) in [7, 11) is 0. The quantitative estimate of drug-likeness (QED) is 0.193. The maximum absolute atomic E-state index is 13.7. The zero-order valence-corrected chi connectivity index (χ0v) is 20.6. The van der Waals surface area contributed by atoms with Crippen molar-refractivity contribution in [2.24, 2.45) is 0 Å². The molecule has 0 aliphatic carbocycles. The molecule has 0 radical (unpaired) electrons. The highest BCUT2D eigenvalue weighted by Gasteiger charge is 2.16. The molecular formula is C31H21N5O3. The summed E-state index contributed by atoms with van der Waals surface area (Å²) >= 11 is 0. The lowest BCUT2D eigenvalue weighted by Gasteiger charge is -2.11. The summed E-state index contributed by atoms with van der Waals surface area (Å²) in [5.41, 5.74) is 3.91. The van der Waals surface area contributed by atoms with E-state index < -0.39 is 10.5 Å². The molecule has 0 spiro atoms. The fraction of sp³-hybridized carbons (Fsp3) is 0. The number of rotatable bonds is 6. The van der Waals surface area contributed by atoms with Gasteiger partial charge in [0.15, 0.2) is 0 Å². The molecule has 0 aliphatic rings. The van der Waals surface area contributed by atoms with Crippen LogP contribution in [0.1, 0.15) is 11.4 Å². The molecule has 6 rings (SSSR count). The van der Waals surface area contributed by atoms with E-state index in [-0.39, 0.29) is 11.1 Å². The van der Waals surface area contributed by atoms with E-state index in [0.717, 1.165) is 22.5 Å². The lowest BCUT2D eigenvalue weighted by Crippen LogP contribution is -2.22. The first kappa shape index (κ1) is 23.7. The number of hydrogen-bond donors (Lipinski definition) is 0. The zero-order chi connectivity index (χ0) is 26.8. The average Bonchev–Trinajstić information content (AvgIpc) is 3.42. The third-order valence-electron chi connectivity index (χ3n) is 6.33. The van der Waals surface area contributed by atoms with Crippen molar-refractivity contribution in [2.75, 3.05) is 0 Å². The number of hydrogen-bond acceptors (Lipinski definition) is 5. The number of para-hydroxylation sites is 2. The first-order chi connectivity index (χ1) is 19.1. The number of nitrogens with zero attached hydrogens (tertiary/aromatic N) is 5. The van der Waals surface area contributed by atoms with Gasteiger partial charge in [-0.05, 0) is 42.5 Å². The van der Waals surface area contributed by atoms with Crippen molar-refractivity contribution in [1.29, 1.82) is 0 Å². The second-order valence-electron chi connectivity index (χ2n) is 8.82. The number of aromatic nitrogens is 4. The Balaban J connectivity index is 1.54. The molecule has 39 heavy (non-hydrogen) atoms. The summed E-state index contributed by atoms with van der Waals surface area (Å²) < 4.78 is 3.28. The molecule has 0 amide bonds. The van der Waals surface area contributed by atoms with Crippen molar-refractivity contribution in [3.05, 3.63) is 147 Å². The van der Waals surface area contributed by atoms with Gasteiger partial charge in [0.05, 0.1) is 32.9 Å². The lowest BCUT2D eigenvalue weighted by atomic mass is 10.1. The van der Waals surface area contributed by atoms with Crippen LogP contribution < -0.4 is 5.56 Å². The Hall–Kier alpha value is -5.63. The molecule has 0 atom stereocenters. The molecule has 0 aliphatic heterocycles. The van der Waals surface area contributed by atoms with Crippen LogP contribution in [0.5, 0.6) is 0 Å². The van der Waals surface area contributed by atoms with Gasteiger partial charge in [-0.1, -0.05) is 66.7 Å². The Kier molecular flexibility index (Phi) is 6.10. The minimum Gasteiger partial charge on any atom is -0.268 e. The molecule has 8 heteroatoms. The summed E-state index contributed by atoms with van der Waals surface area (Å²) in [5.74, 6) is 0.388. The van der Waals surface area contributed by atoms with Crippen LogP contribution in [0.3, 0.4) is 0 Å². The van der Waals surface area contributed by atoms with Crippen LogP contribution in [0.25, 0.3) is 45.7 Å². The molecule has 6 aromatic rings. The molecule has 4 aromatic carbocycles. The molecule has 2 heterocycles. The minimum atomic E-state index is -0.519. The van der Waals surface area contributed by atoms with Crippen molar-refractivity contribution >= 4 is 28.7 Å². The first-order valence-corrected chi connectivity index (χ1v) is 12.2. The molecular weight excluding hydrogens is 490 g/mol. The van der Waals surface area contributed by atoms with Gasteiger partial charge in [0, 0.05) is 29.5 Å². The molecule has 0 saturated carbocycles. The van der Waals surface area contributed by atoms with Crippen LogP contribution in [-0.2, 0) is 0 Å². The first-order valence-electron chi connectivity index (χ1n) is 12.2. The Morgan fingerprint density at radius 3 is 2.08 bits per heavy atom. The van der Waals surface area contributed by atoms with Crippen LogP contribution in [0.2, 0.25) is 0 Å². The Morgan fingerprint density at radius 2 is 1.41 bits per heavy atom. The van der Waals surface area contributed by atoms with E-state index in [1.807, 2.05) is 95.8 Å². The van der Waals surface area contributed by atoms with Gasteiger partial charge in [-0.2, -0.15) is 5.10 Å². The number of fused-ring (bicyclic) bond motifs is 1. The van der Waals surface area contributed by atoms with Crippen molar-refractivity contribution in [3.8, 4) is 22.6 Å². The average molecular weight is 512 g/mol. The van der Waals surface area contributed by atoms with Crippen molar-refractivity contribution in [2.45, 2.75) is 0 Å². The second-order valence-corrected chi connectivity index (χ2v) is 8.82. The van der Waals surface area contributed by atoms with E-state index in [9.17, 15) is 14.9 Å². The third kappa shape index (κ3) is 4.62. The molecule has 2 aromatic heterocycles. The van der Waals surface area contributed by atoms with E-state index in [1.54, 1.807) is 18.2 Å². The van der Waals surface area contributed by atoms with Gasteiger partial charge in [0.25, 0.3) is 11.2 Å². The predicted molar refractivity (Wildman–Crippen MR) is 152 cm³/mol. The largest absolute Gasteiger partial charge is 0.270 e.